The number of aliphatic hydroxyl groups is 2. The summed E-state index contributed by atoms with van der Waals surface area (Å²) in [7, 11) is 0. The van der Waals surface area contributed by atoms with E-state index >= 15 is 0 Å². The molecule has 20 heavy (non-hydrogen) atoms. The van der Waals surface area contributed by atoms with Gasteiger partial charge in [0.1, 0.15) is 0 Å². The van der Waals surface area contributed by atoms with Gasteiger partial charge in [0.2, 0.25) is 5.91 Å². The Kier molecular flexibility index (Phi) is 6.43. The molecular weight excluding hydrogens is 284 g/mol. The molecule has 0 unspecified atom stereocenters. The van der Waals surface area contributed by atoms with Crippen LogP contribution in [0.15, 0.2) is 23.1 Å². The number of nitro benzene ring substituents is 1. The average Bonchev–Trinajstić information content (AvgIpc) is 2.44. The molecule has 0 saturated heterocycles. The van der Waals surface area contributed by atoms with Crippen molar-refractivity contribution in [2.75, 3.05) is 17.7 Å². The molecule has 0 radical (unpaired) electrons. The van der Waals surface area contributed by atoms with Crippen LogP contribution in [0.4, 0.5) is 11.4 Å². The van der Waals surface area contributed by atoms with Crippen molar-refractivity contribution in [3.8, 4) is 0 Å². The van der Waals surface area contributed by atoms with Gasteiger partial charge in [-0.2, -0.15) is 0 Å². The fourth-order valence-electron chi connectivity index (χ4n) is 1.34. The number of carbonyl (C=O) groups excluding carboxylic acids is 1. The molecule has 0 spiro atoms. The molecule has 0 aliphatic heterocycles. The van der Waals surface area contributed by atoms with Crippen LogP contribution in [-0.2, 0) is 4.79 Å². The minimum atomic E-state index is -0.895. The predicted molar refractivity (Wildman–Crippen MR) is 75.8 cm³/mol. The van der Waals surface area contributed by atoms with E-state index in [4.69, 9.17) is 5.11 Å². The smallest absolute Gasteiger partial charge is 0.272 e. The summed E-state index contributed by atoms with van der Waals surface area (Å²) in [5, 5.41) is 31.4. The number of benzene rings is 1. The minimum Gasteiger partial charge on any atom is -0.394 e. The number of anilines is 1. The Morgan fingerprint density at radius 2 is 2.20 bits per heavy atom. The molecule has 0 aliphatic carbocycles. The third kappa shape index (κ3) is 5.16. The van der Waals surface area contributed by atoms with Gasteiger partial charge in [-0.05, 0) is 6.07 Å². The number of non-ortho nitro benzene ring substituents is 1. The van der Waals surface area contributed by atoms with Crippen molar-refractivity contribution >= 4 is 29.0 Å². The first kappa shape index (κ1) is 16.4. The van der Waals surface area contributed by atoms with E-state index in [2.05, 4.69) is 5.32 Å². The molecule has 0 saturated carbocycles. The van der Waals surface area contributed by atoms with E-state index in [-0.39, 0.29) is 30.4 Å². The average molecular weight is 300 g/mol. The maximum Gasteiger partial charge on any atom is 0.272 e. The molecule has 8 heteroatoms. The number of thioether (sulfide) groups is 1. The largest absolute Gasteiger partial charge is 0.394 e. The van der Waals surface area contributed by atoms with Crippen molar-refractivity contribution < 1.29 is 19.9 Å². The van der Waals surface area contributed by atoms with Crippen LogP contribution in [0.25, 0.3) is 0 Å². The molecule has 1 aromatic carbocycles. The third-order valence-electron chi connectivity index (χ3n) is 2.36. The van der Waals surface area contributed by atoms with Gasteiger partial charge in [0.15, 0.2) is 0 Å². The van der Waals surface area contributed by atoms with E-state index in [1.807, 2.05) is 0 Å². The molecule has 0 fully saturated rings. The van der Waals surface area contributed by atoms with Crippen molar-refractivity contribution in [2.24, 2.45) is 0 Å². The van der Waals surface area contributed by atoms with Crippen LogP contribution in [0.1, 0.15) is 13.3 Å². The van der Waals surface area contributed by atoms with Crippen LogP contribution in [0.3, 0.4) is 0 Å². The summed E-state index contributed by atoms with van der Waals surface area (Å²) in [4.78, 5) is 22.2. The number of nitrogens with one attached hydrogen (secondary N) is 1. The molecule has 7 nitrogen and oxygen atoms in total. The molecule has 1 rings (SSSR count). The number of aliphatic hydroxyl groups excluding tert-OH is 2. The second kappa shape index (κ2) is 7.83. The third-order valence-corrected chi connectivity index (χ3v) is 3.48. The Morgan fingerprint density at radius 1 is 1.50 bits per heavy atom. The van der Waals surface area contributed by atoms with Gasteiger partial charge in [0.25, 0.3) is 5.69 Å². The van der Waals surface area contributed by atoms with Crippen molar-refractivity contribution in [1.29, 1.82) is 0 Å². The summed E-state index contributed by atoms with van der Waals surface area (Å²) in [6, 6.07) is 4.23. The molecule has 0 aromatic heterocycles. The van der Waals surface area contributed by atoms with Crippen molar-refractivity contribution in [1.82, 2.24) is 0 Å². The number of hydrogen-bond acceptors (Lipinski definition) is 6. The predicted octanol–water partition coefficient (Wildman–Crippen LogP) is 1.39. The Morgan fingerprint density at radius 3 is 2.75 bits per heavy atom. The van der Waals surface area contributed by atoms with Gasteiger partial charge in [-0.25, -0.2) is 0 Å². The lowest BCUT2D eigenvalue weighted by molar-refractivity contribution is -0.385. The van der Waals surface area contributed by atoms with Crippen LogP contribution in [0.2, 0.25) is 0 Å². The van der Waals surface area contributed by atoms with Crippen molar-refractivity contribution in [2.45, 2.75) is 24.3 Å². The number of amides is 1. The lowest BCUT2D eigenvalue weighted by atomic mass is 10.2. The Bertz CT molecular complexity index is 495. The summed E-state index contributed by atoms with van der Waals surface area (Å²) in [6.07, 6.45) is -0.623. The summed E-state index contributed by atoms with van der Waals surface area (Å²) in [5.41, 5.74) is 0.201. The highest BCUT2D eigenvalue weighted by molar-refractivity contribution is 7.99. The highest BCUT2D eigenvalue weighted by atomic mass is 32.2. The molecule has 0 aliphatic rings. The minimum absolute atomic E-state index is 0.139. The van der Waals surface area contributed by atoms with Gasteiger partial charge in [0.05, 0.1) is 17.6 Å². The van der Waals surface area contributed by atoms with Crippen LogP contribution in [0, 0.1) is 10.1 Å². The zero-order chi connectivity index (χ0) is 15.1. The zero-order valence-corrected chi connectivity index (χ0v) is 11.7. The van der Waals surface area contributed by atoms with Crippen molar-refractivity contribution in [3.63, 3.8) is 0 Å². The van der Waals surface area contributed by atoms with E-state index in [1.54, 1.807) is 13.0 Å². The SMILES string of the molecule is CCC(=O)Nc1cc(SC[C@H](O)CO)cc([N+](=O)[O-])c1. The zero-order valence-electron chi connectivity index (χ0n) is 10.9. The quantitative estimate of drug-likeness (QED) is 0.398. The summed E-state index contributed by atoms with van der Waals surface area (Å²) in [5.74, 6) is -0.0319. The number of hydrogen-bond donors (Lipinski definition) is 3. The Hall–Kier alpha value is -1.64. The first-order valence-electron chi connectivity index (χ1n) is 5.97. The summed E-state index contributed by atoms with van der Waals surface area (Å²) >= 11 is 1.17. The standard InChI is InChI=1S/C12H16N2O5S/c1-2-12(17)13-8-3-9(14(18)19)5-11(4-8)20-7-10(16)6-15/h3-5,10,15-16H,2,6-7H2,1H3,(H,13,17)/t10-/m1/s1. The number of rotatable bonds is 7. The molecule has 0 bridgehead atoms. The maximum absolute atomic E-state index is 11.3. The maximum atomic E-state index is 11.3. The van der Waals surface area contributed by atoms with E-state index < -0.39 is 11.0 Å². The normalized spacial score (nSPS) is 11.9. The monoisotopic (exact) mass is 300 g/mol. The van der Waals surface area contributed by atoms with E-state index in [9.17, 15) is 20.0 Å². The second-order valence-electron chi connectivity index (χ2n) is 4.02. The fourth-order valence-corrected chi connectivity index (χ4v) is 2.24. The molecular formula is C12H16N2O5S. The Balaban J connectivity index is 2.92. The first-order chi connectivity index (χ1) is 9.46. The molecule has 1 atom stereocenters. The summed E-state index contributed by atoms with van der Waals surface area (Å²) < 4.78 is 0. The molecule has 110 valence electrons. The van der Waals surface area contributed by atoms with Gasteiger partial charge in [-0.1, -0.05) is 6.92 Å². The molecule has 0 heterocycles. The topological polar surface area (TPSA) is 113 Å². The molecule has 1 aromatic rings. The van der Waals surface area contributed by atoms with E-state index in [0.29, 0.717) is 10.6 Å². The van der Waals surface area contributed by atoms with Gasteiger partial charge < -0.3 is 15.5 Å². The van der Waals surface area contributed by atoms with Gasteiger partial charge >= 0.3 is 0 Å². The Labute approximate surface area is 120 Å². The highest BCUT2D eigenvalue weighted by Crippen LogP contribution is 2.28. The lowest BCUT2D eigenvalue weighted by Crippen LogP contribution is -2.14. The highest BCUT2D eigenvalue weighted by Gasteiger charge is 2.12. The van der Waals surface area contributed by atoms with Gasteiger partial charge in [-0.3, -0.25) is 14.9 Å². The van der Waals surface area contributed by atoms with Crippen LogP contribution < -0.4 is 5.32 Å². The number of nitro groups is 1. The molecule has 1 amide bonds. The van der Waals surface area contributed by atoms with Gasteiger partial charge in [0, 0.05) is 34.9 Å². The van der Waals surface area contributed by atoms with Crippen LogP contribution in [0.5, 0.6) is 0 Å². The van der Waals surface area contributed by atoms with Gasteiger partial charge in [-0.15, -0.1) is 11.8 Å². The summed E-state index contributed by atoms with van der Waals surface area (Å²) in [6.45, 7) is 1.31. The van der Waals surface area contributed by atoms with Crippen molar-refractivity contribution in [3.05, 3.63) is 28.3 Å². The first-order valence-corrected chi connectivity index (χ1v) is 6.95. The van der Waals surface area contributed by atoms with E-state index in [0.717, 1.165) is 0 Å². The fraction of sp³-hybridized carbons (Fsp3) is 0.417. The van der Waals surface area contributed by atoms with Crippen LogP contribution >= 0.6 is 11.8 Å². The molecule has 3 N–H and O–H groups in total. The second-order valence-corrected chi connectivity index (χ2v) is 5.12. The van der Waals surface area contributed by atoms with Crippen LogP contribution in [-0.4, -0.2) is 39.5 Å². The number of carbonyl (C=O) groups is 1. The van der Waals surface area contributed by atoms with E-state index in [1.165, 1.54) is 23.9 Å². The number of nitrogens with zero attached hydrogens (tertiary/aromatic N) is 1. The lowest BCUT2D eigenvalue weighted by Gasteiger charge is -2.09.